The van der Waals surface area contributed by atoms with Gasteiger partial charge in [0.1, 0.15) is 11.3 Å². The van der Waals surface area contributed by atoms with E-state index in [1.165, 1.54) is 18.5 Å². The zero-order valence-corrected chi connectivity index (χ0v) is 16.5. The van der Waals surface area contributed by atoms with Crippen LogP contribution in [0.4, 0.5) is 19.4 Å². The minimum Gasteiger partial charge on any atom is -0.450 e. The molecule has 3 aromatic rings. The molecule has 0 fully saturated rings. The third-order valence-corrected chi connectivity index (χ3v) is 4.68. The molecule has 3 rings (SSSR count). The van der Waals surface area contributed by atoms with Gasteiger partial charge in [0.2, 0.25) is 0 Å². The van der Waals surface area contributed by atoms with Gasteiger partial charge >= 0.3 is 12.2 Å². The van der Waals surface area contributed by atoms with Gasteiger partial charge in [0.05, 0.1) is 24.5 Å². The maximum atomic E-state index is 13.9. The van der Waals surface area contributed by atoms with Crippen LogP contribution in [-0.2, 0) is 17.8 Å². The van der Waals surface area contributed by atoms with E-state index in [2.05, 4.69) is 20.3 Å². The number of fused-ring (bicyclic) bond motifs is 1. The van der Waals surface area contributed by atoms with Gasteiger partial charge in [0.15, 0.2) is 11.5 Å². The Labute approximate surface area is 174 Å². The Morgan fingerprint density at radius 2 is 1.97 bits per heavy atom. The molecule has 1 amide bonds. The molecule has 0 radical (unpaired) electrons. The number of benzene rings is 1. The standard InChI is InChI=1S/C17H16Cl2F2N6O2/c18-10-3-4-11(19)12(20)9(10)7-23-17(28)29-6-2-1-5-27-8-24-13-14(22)25-16(21)26-15(13)27/h3-4,8H,1-2,5-7H2,(H,23,28)(H2,22,25,26). The van der Waals surface area contributed by atoms with Crippen LogP contribution < -0.4 is 11.1 Å². The van der Waals surface area contributed by atoms with Crippen molar-refractivity contribution in [1.82, 2.24) is 24.8 Å². The Bertz CT molecular complexity index is 1050. The van der Waals surface area contributed by atoms with Gasteiger partial charge in [0, 0.05) is 17.1 Å². The first-order chi connectivity index (χ1) is 13.9. The molecule has 2 heterocycles. The molecule has 12 heteroatoms. The predicted molar refractivity (Wildman–Crippen MR) is 104 cm³/mol. The lowest BCUT2D eigenvalue weighted by molar-refractivity contribution is 0.143. The third-order valence-electron chi connectivity index (χ3n) is 4.04. The van der Waals surface area contributed by atoms with Gasteiger partial charge in [-0.2, -0.15) is 14.4 Å². The SMILES string of the molecule is Nc1nc(F)nc2c1ncn2CCCCOC(=O)NCc1c(Cl)ccc(Cl)c1F. The number of carbonyl (C=O) groups is 1. The van der Waals surface area contributed by atoms with Crippen molar-refractivity contribution in [2.45, 2.75) is 25.9 Å². The van der Waals surface area contributed by atoms with Crippen LogP contribution in [0, 0.1) is 11.9 Å². The zero-order chi connectivity index (χ0) is 21.0. The number of nitrogen functional groups attached to an aromatic ring is 1. The fraction of sp³-hybridized carbons (Fsp3) is 0.294. The average Bonchev–Trinajstić information content (AvgIpc) is 3.07. The number of halogens is 4. The van der Waals surface area contributed by atoms with Crippen molar-refractivity contribution in [2.75, 3.05) is 12.3 Å². The van der Waals surface area contributed by atoms with Gasteiger partial charge in [0.25, 0.3) is 0 Å². The normalized spacial score (nSPS) is 11.0. The molecule has 1 aromatic carbocycles. The van der Waals surface area contributed by atoms with E-state index < -0.39 is 18.0 Å². The van der Waals surface area contributed by atoms with Crippen LogP contribution in [0.1, 0.15) is 18.4 Å². The molecule has 154 valence electrons. The molecule has 0 aliphatic carbocycles. The molecular formula is C17H16Cl2F2N6O2. The van der Waals surface area contributed by atoms with Crippen LogP contribution in [-0.4, -0.2) is 32.2 Å². The van der Waals surface area contributed by atoms with Crippen LogP contribution in [0.3, 0.4) is 0 Å². The number of rotatable bonds is 7. The number of nitrogens with two attached hydrogens (primary N) is 1. The Morgan fingerprint density at radius 1 is 1.21 bits per heavy atom. The summed E-state index contributed by atoms with van der Waals surface area (Å²) < 4.78 is 33.9. The number of hydrogen-bond donors (Lipinski definition) is 2. The Kier molecular flexibility index (Phi) is 6.65. The number of nitrogens with zero attached hydrogens (tertiary/aromatic N) is 4. The fourth-order valence-electron chi connectivity index (χ4n) is 2.59. The van der Waals surface area contributed by atoms with Crippen molar-refractivity contribution in [2.24, 2.45) is 0 Å². The van der Waals surface area contributed by atoms with Crippen LogP contribution in [0.2, 0.25) is 10.0 Å². The molecule has 0 saturated carbocycles. The molecule has 29 heavy (non-hydrogen) atoms. The topological polar surface area (TPSA) is 108 Å². The first kappa shape index (κ1) is 21.0. The largest absolute Gasteiger partial charge is 0.450 e. The lowest BCUT2D eigenvalue weighted by atomic mass is 10.2. The van der Waals surface area contributed by atoms with Crippen LogP contribution in [0.15, 0.2) is 18.5 Å². The van der Waals surface area contributed by atoms with Crippen molar-refractivity contribution in [3.8, 4) is 0 Å². The number of aryl methyl sites for hydroxylation is 1. The molecule has 0 saturated heterocycles. The molecule has 8 nitrogen and oxygen atoms in total. The smallest absolute Gasteiger partial charge is 0.407 e. The van der Waals surface area contributed by atoms with Gasteiger partial charge in [-0.15, -0.1) is 0 Å². The lowest BCUT2D eigenvalue weighted by Gasteiger charge is -2.10. The number of carbonyl (C=O) groups excluding carboxylic acids is 1. The maximum Gasteiger partial charge on any atom is 0.407 e. The number of hydrogen-bond acceptors (Lipinski definition) is 6. The van der Waals surface area contributed by atoms with E-state index in [0.717, 1.165) is 0 Å². The number of unbranched alkanes of at least 4 members (excludes halogenated alkanes) is 1. The van der Waals surface area contributed by atoms with Gasteiger partial charge in [-0.1, -0.05) is 23.2 Å². The Balaban J connectivity index is 1.42. The lowest BCUT2D eigenvalue weighted by Crippen LogP contribution is -2.25. The quantitative estimate of drug-likeness (QED) is 0.326. The summed E-state index contributed by atoms with van der Waals surface area (Å²) in [7, 11) is 0. The van der Waals surface area contributed by atoms with E-state index in [4.69, 9.17) is 33.7 Å². The molecule has 0 bridgehead atoms. The number of alkyl carbamates (subject to hydrolysis) is 1. The number of nitrogens with one attached hydrogen (secondary N) is 1. The Morgan fingerprint density at radius 3 is 2.76 bits per heavy atom. The molecule has 0 unspecified atom stereocenters. The summed E-state index contributed by atoms with van der Waals surface area (Å²) in [4.78, 5) is 22.9. The second-order valence-electron chi connectivity index (χ2n) is 6.01. The summed E-state index contributed by atoms with van der Waals surface area (Å²) >= 11 is 11.6. The van der Waals surface area contributed by atoms with E-state index in [1.54, 1.807) is 4.57 Å². The van der Waals surface area contributed by atoms with Gasteiger partial charge in [-0.25, -0.2) is 14.2 Å². The zero-order valence-electron chi connectivity index (χ0n) is 15.0. The summed E-state index contributed by atoms with van der Waals surface area (Å²) in [5, 5.41) is 2.49. The number of ether oxygens (including phenoxy) is 1. The summed E-state index contributed by atoms with van der Waals surface area (Å²) in [5.74, 6) is -0.713. The number of amides is 1. The van der Waals surface area contributed by atoms with Crippen LogP contribution in [0.25, 0.3) is 11.2 Å². The summed E-state index contributed by atoms with van der Waals surface area (Å²) in [6, 6.07) is 2.78. The summed E-state index contributed by atoms with van der Waals surface area (Å²) in [5.41, 5.74) is 6.31. The maximum absolute atomic E-state index is 13.9. The van der Waals surface area contributed by atoms with E-state index in [0.29, 0.717) is 30.6 Å². The van der Waals surface area contributed by atoms with Crippen molar-refractivity contribution in [3.05, 3.63) is 46.0 Å². The van der Waals surface area contributed by atoms with Crippen molar-refractivity contribution in [3.63, 3.8) is 0 Å². The van der Waals surface area contributed by atoms with Gasteiger partial charge in [-0.05, 0) is 25.0 Å². The summed E-state index contributed by atoms with van der Waals surface area (Å²) in [6.45, 7) is 0.453. The minimum absolute atomic E-state index is 0.0255. The average molecular weight is 445 g/mol. The highest BCUT2D eigenvalue weighted by molar-refractivity contribution is 6.33. The predicted octanol–water partition coefficient (Wildman–Crippen LogP) is 3.70. The fourth-order valence-corrected chi connectivity index (χ4v) is 2.98. The third kappa shape index (κ3) is 5.01. The number of imidazole rings is 1. The molecule has 2 aromatic heterocycles. The molecule has 0 spiro atoms. The first-order valence-electron chi connectivity index (χ1n) is 8.53. The van der Waals surface area contributed by atoms with E-state index in [-0.39, 0.29) is 34.6 Å². The number of aromatic nitrogens is 4. The second-order valence-corrected chi connectivity index (χ2v) is 6.82. The van der Waals surface area contributed by atoms with E-state index in [9.17, 15) is 13.6 Å². The first-order valence-corrected chi connectivity index (χ1v) is 9.29. The Hall–Kier alpha value is -2.72. The molecule has 0 atom stereocenters. The summed E-state index contributed by atoms with van der Waals surface area (Å²) in [6.07, 6.45) is 0.997. The molecular weight excluding hydrogens is 429 g/mol. The molecule has 3 N–H and O–H groups in total. The van der Waals surface area contributed by atoms with Crippen molar-refractivity contribution in [1.29, 1.82) is 0 Å². The number of anilines is 1. The van der Waals surface area contributed by atoms with Crippen LogP contribution in [0.5, 0.6) is 0 Å². The van der Waals surface area contributed by atoms with E-state index in [1.807, 2.05) is 0 Å². The minimum atomic E-state index is -0.923. The highest BCUT2D eigenvalue weighted by Gasteiger charge is 2.13. The van der Waals surface area contributed by atoms with Gasteiger partial charge < -0.3 is 20.4 Å². The second kappa shape index (κ2) is 9.19. The van der Waals surface area contributed by atoms with Crippen molar-refractivity contribution >= 4 is 46.3 Å². The van der Waals surface area contributed by atoms with Gasteiger partial charge in [-0.3, -0.25) is 0 Å². The van der Waals surface area contributed by atoms with E-state index >= 15 is 0 Å². The van der Waals surface area contributed by atoms with Crippen LogP contribution >= 0.6 is 23.2 Å². The molecule has 0 aliphatic heterocycles. The monoisotopic (exact) mass is 444 g/mol. The van der Waals surface area contributed by atoms with Crippen molar-refractivity contribution < 1.29 is 18.3 Å². The highest BCUT2D eigenvalue weighted by atomic mass is 35.5. The highest BCUT2D eigenvalue weighted by Crippen LogP contribution is 2.25. The molecule has 0 aliphatic rings.